The average Bonchev–Trinajstić information content (AvgIpc) is 3.30. The Balaban J connectivity index is 1.97. The van der Waals surface area contributed by atoms with Gasteiger partial charge >= 0.3 is 0 Å². The van der Waals surface area contributed by atoms with Gasteiger partial charge in [0.15, 0.2) is 11.5 Å². The first-order chi connectivity index (χ1) is 12.4. The molecule has 0 saturated heterocycles. The molecule has 1 amide bonds. The second-order valence-corrected chi connectivity index (χ2v) is 6.58. The van der Waals surface area contributed by atoms with Crippen molar-refractivity contribution in [3.63, 3.8) is 0 Å². The molecule has 2 aromatic rings. The molecule has 1 atom stereocenters. The van der Waals surface area contributed by atoms with E-state index in [0.29, 0.717) is 24.5 Å². The summed E-state index contributed by atoms with van der Waals surface area (Å²) in [6.45, 7) is 2.95. The van der Waals surface area contributed by atoms with Gasteiger partial charge < -0.3 is 23.7 Å². The number of rotatable bonds is 7. The SMILES string of the molecule is Cc1ccc([C@@H]2C(C(=O)c3ccco3)=C(O)C(=O)N2CCCN(C)C)o1. The molecule has 26 heavy (non-hydrogen) atoms. The van der Waals surface area contributed by atoms with Gasteiger partial charge in [0.2, 0.25) is 5.78 Å². The molecule has 0 saturated carbocycles. The van der Waals surface area contributed by atoms with Crippen molar-refractivity contribution in [2.24, 2.45) is 0 Å². The van der Waals surface area contributed by atoms with Gasteiger partial charge in [-0.3, -0.25) is 9.59 Å². The molecular weight excluding hydrogens is 336 g/mol. The molecule has 0 bridgehead atoms. The Hall–Kier alpha value is -2.80. The van der Waals surface area contributed by atoms with Crippen LogP contribution in [0.25, 0.3) is 0 Å². The maximum absolute atomic E-state index is 12.8. The third-order valence-corrected chi connectivity index (χ3v) is 4.33. The number of aliphatic hydroxyl groups excluding tert-OH is 1. The van der Waals surface area contributed by atoms with Crippen LogP contribution in [0.4, 0.5) is 0 Å². The molecule has 3 heterocycles. The summed E-state index contributed by atoms with van der Waals surface area (Å²) in [6, 6.07) is 5.81. The van der Waals surface area contributed by atoms with Crippen LogP contribution in [0.3, 0.4) is 0 Å². The summed E-state index contributed by atoms with van der Waals surface area (Å²) in [5.74, 6) is -0.456. The van der Waals surface area contributed by atoms with Crippen LogP contribution in [-0.2, 0) is 4.79 Å². The summed E-state index contributed by atoms with van der Waals surface area (Å²) < 4.78 is 10.9. The number of furan rings is 2. The number of carbonyl (C=O) groups excluding carboxylic acids is 2. The second-order valence-electron chi connectivity index (χ2n) is 6.58. The van der Waals surface area contributed by atoms with Crippen molar-refractivity contribution < 1.29 is 23.5 Å². The Labute approximate surface area is 151 Å². The Morgan fingerprint density at radius 2 is 2.08 bits per heavy atom. The van der Waals surface area contributed by atoms with E-state index >= 15 is 0 Å². The van der Waals surface area contributed by atoms with E-state index in [0.717, 1.165) is 6.54 Å². The smallest absolute Gasteiger partial charge is 0.290 e. The zero-order valence-electron chi connectivity index (χ0n) is 15.1. The number of ketones is 1. The molecular formula is C19H22N2O5. The van der Waals surface area contributed by atoms with Crippen molar-refractivity contribution in [1.82, 2.24) is 9.80 Å². The molecule has 3 rings (SSSR count). The Kier molecular flexibility index (Phi) is 4.99. The molecule has 138 valence electrons. The lowest BCUT2D eigenvalue weighted by Gasteiger charge is -2.25. The van der Waals surface area contributed by atoms with Crippen LogP contribution < -0.4 is 0 Å². The van der Waals surface area contributed by atoms with E-state index in [4.69, 9.17) is 8.83 Å². The first kappa shape index (κ1) is 18.0. The summed E-state index contributed by atoms with van der Waals surface area (Å²) in [5, 5.41) is 10.4. The van der Waals surface area contributed by atoms with Gasteiger partial charge in [0.05, 0.1) is 11.8 Å². The average molecular weight is 358 g/mol. The third kappa shape index (κ3) is 3.30. The predicted molar refractivity (Wildman–Crippen MR) is 93.8 cm³/mol. The number of carbonyl (C=O) groups is 2. The van der Waals surface area contributed by atoms with E-state index in [9.17, 15) is 14.7 Å². The number of hydrogen-bond donors (Lipinski definition) is 1. The van der Waals surface area contributed by atoms with E-state index in [1.165, 1.54) is 17.2 Å². The minimum atomic E-state index is -0.768. The maximum atomic E-state index is 12.8. The predicted octanol–water partition coefficient (Wildman–Crippen LogP) is 2.71. The fraction of sp³-hybridized carbons (Fsp3) is 0.368. The van der Waals surface area contributed by atoms with E-state index in [1.807, 2.05) is 19.0 Å². The standard InChI is InChI=1S/C19H22N2O5/c1-12-7-8-13(26-12)16-15(17(22)14-6-4-11-25-14)18(23)19(24)21(16)10-5-9-20(2)3/h4,6-8,11,16,23H,5,9-10H2,1-3H3/t16-/m1/s1. The maximum Gasteiger partial charge on any atom is 0.290 e. The van der Waals surface area contributed by atoms with Crippen LogP contribution in [0.15, 0.2) is 50.7 Å². The molecule has 0 fully saturated rings. The molecule has 2 aromatic heterocycles. The lowest BCUT2D eigenvalue weighted by Crippen LogP contribution is -2.33. The van der Waals surface area contributed by atoms with Crippen molar-refractivity contribution in [1.29, 1.82) is 0 Å². The van der Waals surface area contributed by atoms with Crippen molar-refractivity contribution in [3.8, 4) is 0 Å². The van der Waals surface area contributed by atoms with Gasteiger partial charge in [-0.15, -0.1) is 0 Å². The lowest BCUT2D eigenvalue weighted by molar-refractivity contribution is -0.129. The zero-order chi connectivity index (χ0) is 18.8. The highest BCUT2D eigenvalue weighted by Gasteiger charge is 2.45. The summed E-state index contributed by atoms with van der Waals surface area (Å²) in [5.41, 5.74) is -0.0100. The summed E-state index contributed by atoms with van der Waals surface area (Å²) in [6.07, 6.45) is 2.08. The lowest BCUT2D eigenvalue weighted by atomic mass is 9.99. The van der Waals surface area contributed by atoms with Gasteiger partial charge in [0.1, 0.15) is 17.6 Å². The van der Waals surface area contributed by atoms with Crippen LogP contribution in [0.1, 0.15) is 34.5 Å². The normalized spacial score (nSPS) is 17.6. The number of Topliss-reactive ketones (excluding diaryl/α,β-unsaturated/α-hetero) is 1. The van der Waals surface area contributed by atoms with E-state index in [-0.39, 0.29) is 11.3 Å². The Morgan fingerprint density at radius 1 is 1.31 bits per heavy atom. The van der Waals surface area contributed by atoms with Crippen molar-refractivity contribution in [3.05, 3.63) is 59.1 Å². The van der Waals surface area contributed by atoms with Gasteiger partial charge in [0, 0.05) is 6.54 Å². The van der Waals surface area contributed by atoms with Gasteiger partial charge in [-0.25, -0.2) is 0 Å². The minimum Gasteiger partial charge on any atom is -0.503 e. The molecule has 1 aliphatic heterocycles. The van der Waals surface area contributed by atoms with E-state index in [2.05, 4.69) is 0 Å². The largest absolute Gasteiger partial charge is 0.503 e. The van der Waals surface area contributed by atoms with Crippen molar-refractivity contribution in [2.45, 2.75) is 19.4 Å². The third-order valence-electron chi connectivity index (χ3n) is 4.33. The number of hydrogen-bond acceptors (Lipinski definition) is 6. The molecule has 0 aliphatic carbocycles. The topological polar surface area (TPSA) is 87.1 Å². The molecule has 0 unspecified atom stereocenters. The van der Waals surface area contributed by atoms with E-state index in [1.54, 1.807) is 25.1 Å². The number of aryl methyl sites for hydroxylation is 1. The van der Waals surface area contributed by atoms with E-state index < -0.39 is 23.5 Å². The number of amides is 1. The second kappa shape index (κ2) is 7.21. The van der Waals surface area contributed by atoms with Gasteiger partial charge in [-0.1, -0.05) is 0 Å². The molecule has 7 nitrogen and oxygen atoms in total. The molecule has 1 aliphatic rings. The molecule has 7 heteroatoms. The highest BCUT2D eigenvalue weighted by molar-refractivity contribution is 6.14. The number of nitrogens with zero attached hydrogens (tertiary/aromatic N) is 2. The van der Waals surface area contributed by atoms with Gasteiger partial charge in [0.25, 0.3) is 5.91 Å². The monoisotopic (exact) mass is 358 g/mol. The fourth-order valence-electron chi connectivity index (χ4n) is 3.11. The van der Waals surface area contributed by atoms with Crippen LogP contribution >= 0.6 is 0 Å². The minimum absolute atomic E-state index is 0.0100. The fourth-order valence-corrected chi connectivity index (χ4v) is 3.11. The molecule has 0 spiro atoms. The highest BCUT2D eigenvalue weighted by Crippen LogP contribution is 2.39. The first-order valence-corrected chi connectivity index (χ1v) is 8.43. The van der Waals surface area contributed by atoms with Gasteiger partial charge in [-0.05, 0) is 58.3 Å². The van der Waals surface area contributed by atoms with Crippen LogP contribution in [0.2, 0.25) is 0 Å². The quantitative estimate of drug-likeness (QED) is 0.766. The van der Waals surface area contributed by atoms with Crippen molar-refractivity contribution in [2.75, 3.05) is 27.2 Å². The molecule has 1 N–H and O–H groups in total. The highest BCUT2D eigenvalue weighted by atomic mass is 16.3. The summed E-state index contributed by atoms with van der Waals surface area (Å²) in [4.78, 5) is 29.0. The molecule has 0 aromatic carbocycles. The number of aliphatic hydroxyl groups is 1. The van der Waals surface area contributed by atoms with Crippen LogP contribution in [0, 0.1) is 6.92 Å². The van der Waals surface area contributed by atoms with Crippen LogP contribution in [-0.4, -0.2) is 53.8 Å². The summed E-state index contributed by atoms with van der Waals surface area (Å²) >= 11 is 0. The first-order valence-electron chi connectivity index (χ1n) is 8.43. The van der Waals surface area contributed by atoms with Gasteiger partial charge in [-0.2, -0.15) is 0 Å². The summed E-state index contributed by atoms with van der Waals surface area (Å²) in [7, 11) is 3.89. The molecule has 0 radical (unpaired) electrons. The zero-order valence-corrected chi connectivity index (χ0v) is 15.1. The van der Waals surface area contributed by atoms with Crippen molar-refractivity contribution >= 4 is 11.7 Å². The Bertz CT molecular complexity index is 832. The Morgan fingerprint density at radius 3 is 2.65 bits per heavy atom. The van der Waals surface area contributed by atoms with Crippen LogP contribution in [0.5, 0.6) is 0 Å².